The van der Waals surface area contributed by atoms with Crippen molar-refractivity contribution >= 4 is 23.8 Å². The lowest BCUT2D eigenvalue weighted by Crippen LogP contribution is -2.36. The van der Waals surface area contributed by atoms with Gasteiger partial charge in [-0.15, -0.1) is 0 Å². The minimum absolute atomic E-state index is 0.0113. The van der Waals surface area contributed by atoms with Crippen LogP contribution in [0, 0.1) is 0 Å². The molecule has 210 valence electrons. The van der Waals surface area contributed by atoms with Crippen molar-refractivity contribution in [2.45, 2.75) is 39.2 Å². The fourth-order valence-electron chi connectivity index (χ4n) is 2.22. The van der Waals surface area contributed by atoms with Gasteiger partial charge in [0.15, 0.2) is 0 Å². The van der Waals surface area contributed by atoms with Gasteiger partial charge in [-0.3, -0.25) is 9.59 Å². The van der Waals surface area contributed by atoms with Crippen LogP contribution < -0.4 is 0 Å². The molecule has 0 aromatic carbocycles. The highest BCUT2D eigenvalue weighted by Crippen LogP contribution is 2.08. The van der Waals surface area contributed by atoms with Gasteiger partial charge in [-0.25, -0.2) is 9.59 Å². The molecule has 0 fully saturated rings. The maximum atomic E-state index is 11.8. The molecule has 13 nitrogen and oxygen atoms in total. The number of Topliss-reactive ketones (excluding diaryl/α,β-unsaturated/α-hetero) is 1. The predicted octanol–water partition coefficient (Wildman–Crippen LogP) is 0.913. The van der Waals surface area contributed by atoms with Gasteiger partial charge in [0.2, 0.25) is 5.78 Å². The number of ether oxygens (including phenoxy) is 7. The van der Waals surface area contributed by atoms with E-state index < -0.39 is 23.3 Å². The van der Waals surface area contributed by atoms with Crippen LogP contribution in [-0.2, 0) is 47.5 Å². The summed E-state index contributed by atoms with van der Waals surface area (Å²) < 4.78 is 36.8. The third-order valence-corrected chi connectivity index (χ3v) is 4.05. The predicted molar refractivity (Wildman–Crippen MR) is 126 cm³/mol. The average Bonchev–Trinajstić information content (AvgIpc) is 2.80. The van der Waals surface area contributed by atoms with Crippen LogP contribution in [-0.4, -0.2) is 126 Å². The highest BCUT2D eigenvalue weighted by atomic mass is 16.6. The number of likely N-dealkylation sites (N-methyl/N-ethyl adjacent to an activating group) is 1. The molecular formula is C23H41NO12. The lowest BCUT2D eigenvalue weighted by atomic mass is 10.2. The SMILES string of the molecule is CN(CCOCCOCCOCCOCCOCCOC(=O)CCC(=O)C(=O)O)C(=O)OC(C)(C)C. The summed E-state index contributed by atoms with van der Waals surface area (Å²) in [7, 11) is 1.66. The van der Waals surface area contributed by atoms with E-state index in [2.05, 4.69) is 0 Å². The van der Waals surface area contributed by atoms with Crippen LogP contribution in [0.5, 0.6) is 0 Å². The molecule has 1 amide bonds. The van der Waals surface area contributed by atoms with Crippen LogP contribution in [0.3, 0.4) is 0 Å². The molecule has 0 radical (unpaired) electrons. The van der Waals surface area contributed by atoms with E-state index in [1.54, 1.807) is 7.05 Å². The summed E-state index contributed by atoms with van der Waals surface area (Å²) in [6.07, 6.45) is -1.05. The number of carboxylic acid groups (broad SMARTS) is 1. The van der Waals surface area contributed by atoms with E-state index in [4.69, 9.17) is 38.3 Å². The minimum Gasteiger partial charge on any atom is -0.476 e. The summed E-state index contributed by atoms with van der Waals surface area (Å²) in [6, 6.07) is 0. The molecule has 0 spiro atoms. The van der Waals surface area contributed by atoms with E-state index in [-0.39, 0.29) is 32.1 Å². The van der Waals surface area contributed by atoms with Crippen molar-refractivity contribution in [1.29, 1.82) is 0 Å². The zero-order chi connectivity index (χ0) is 27.2. The Bertz CT molecular complexity index is 635. The Labute approximate surface area is 212 Å². The van der Waals surface area contributed by atoms with Gasteiger partial charge in [0, 0.05) is 20.0 Å². The first-order chi connectivity index (χ1) is 17.0. The Morgan fingerprint density at radius 1 is 0.667 bits per heavy atom. The molecule has 0 aliphatic carbocycles. The molecule has 0 saturated heterocycles. The second kappa shape index (κ2) is 20.8. The molecule has 0 aromatic rings. The Morgan fingerprint density at radius 3 is 1.50 bits per heavy atom. The van der Waals surface area contributed by atoms with Gasteiger partial charge in [0.05, 0.1) is 72.5 Å². The summed E-state index contributed by atoms with van der Waals surface area (Å²) in [6.45, 7) is 9.57. The van der Waals surface area contributed by atoms with E-state index in [0.29, 0.717) is 66.0 Å². The number of carbonyl (C=O) groups excluding carboxylic acids is 3. The van der Waals surface area contributed by atoms with Gasteiger partial charge in [-0.05, 0) is 20.8 Å². The fourth-order valence-corrected chi connectivity index (χ4v) is 2.22. The third kappa shape index (κ3) is 22.2. The van der Waals surface area contributed by atoms with E-state index >= 15 is 0 Å². The Morgan fingerprint density at radius 2 is 1.08 bits per heavy atom. The molecule has 0 aromatic heterocycles. The highest BCUT2D eigenvalue weighted by Gasteiger charge is 2.19. The quantitative estimate of drug-likeness (QED) is 0.122. The van der Waals surface area contributed by atoms with E-state index in [9.17, 15) is 19.2 Å². The van der Waals surface area contributed by atoms with Crippen molar-refractivity contribution in [2.24, 2.45) is 0 Å². The number of esters is 1. The molecule has 0 unspecified atom stereocenters. The van der Waals surface area contributed by atoms with Gasteiger partial charge in [-0.2, -0.15) is 0 Å². The van der Waals surface area contributed by atoms with Gasteiger partial charge in [-0.1, -0.05) is 0 Å². The van der Waals surface area contributed by atoms with E-state index in [1.165, 1.54) is 4.90 Å². The van der Waals surface area contributed by atoms with Crippen molar-refractivity contribution in [3.8, 4) is 0 Å². The normalized spacial score (nSPS) is 11.2. The second-order valence-electron chi connectivity index (χ2n) is 8.41. The van der Waals surface area contributed by atoms with Gasteiger partial charge in [0.25, 0.3) is 0 Å². The smallest absolute Gasteiger partial charge is 0.410 e. The zero-order valence-corrected chi connectivity index (χ0v) is 21.8. The average molecular weight is 524 g/mol. The first-order valence-corrected chi connectivity index (χ1v) is 11.8. The van der Waals surface area contributed by atoms with Gasteiger partial charge >= 0.3 is 18.0 Å². The lowest BCUT2D eigenvalue weighted by molar-refractivity contribution is -0.151. The van der Waals surface area contributed by atoms with Crippen LogP contribution >= 0.6 is 0 Å². The van der Waals surface area contributed by atoms with Crippen molar-refractivity contribution < 1.29 is 57.4 Å². The molecule has 0 bridgehead atoms. The van der Waals surface area contributed by atoms with Crippen molar-refractivity contribution in [3.63, 3.8) is 0 Å². The molecule has 36 heavy (non-hydrogen) atoms. The number of amides is 1. The maximum Gasteiger partial charge on any atom is 0.410 e. The van der Waals surface area contributed by atoms with Crippen LogP contribution in [0.1, 0.15) is 33.6 Å². The van der Waals surface area contributed by atoms with Crippen molar-refractivity contribution in [3.05, 3.63) is 0 Å². The number of nitrogens with zero attached hydrogens (tertiary/aromatic N) is 1. The largest absolute Gasteiger partial charge is 0.476 e. The molecular weight excluding hydrogens is 482 g/mol. The fraction of sp³-hybridized carbons (Fsp3) is 0.826. The van der Waals surface area contributed by atoms with Crippen LogP contribution in [0.25, 0.3) is 0 Å². The number of hydrogen-bond donors (Lipinski definition) is 1. The first-order valence-electron chi connectivity index (χ1n) is 11.8. The van der Waals surface area contributed by atoms with Crippen LogP contribution in [0.2, 0.25) is 0 Å². The molecule has 0 heterocycles. The highest BCUT2D eigenvalue weighted by molar-refractivity contribution is 6.32. The summed E-state index contributed by atoms with van der Waals surface area (Å²) in [5, 5.41) is 8.41. The third-order valence-electron chi connectivity index (χ3n) is 4.05. The zero-order valence-electron chi connectivity index (χ0n) is 21.8. The summed E-state index contributed by atoms with van der Waals surface area (Å²) in [5.74, 6) is -3.24. The van der Waals surface area contributed by atoms with Crippen molar-refractivity contribution in [1.82, 2.24) is 4.90 Å². The molecule has 0 aliphatic heterocycles. The number of aliphatic carboxylic acids is 1. The van der Waals surface area contributed by atoms with Gasteiger partial charge < -0.3 is 43.2 Å². The van der Waals surface area contributed by atoms with E-state index in [1.807, 2.05) is 20.8 Å². The maximum absolute atomic E-state index is 11.8. The van der Waals surface area contributed by atoms with E-state index in [0.717, 1.165) is 0 Å². The summed E-state index contributed by atoms with van der Waals surface area (Å²) in [5.41, 5.74) is -0.526. The number of hydrogen-bond acceptors (Lipinski definition) is 11. The van der Waals surface area contributed by atoms with Gasteiger partial charge in [0.1, 0.15) is 12.2 Å². The minimum atomic E-state index is -1.56. The number of rotatable bonds is 22. The number of carbonyl (C=O) groups is 4. The number of ketones is 1. The molecule has 0 saturated carbocycles. The Balaban J connectivity index is 3.32. The second-order valence-corrected chi connectivity index (χ2v) is 8.41. The van der Waals surface area contributed by atoms with Crippen LogP contribution in [0.15, 0.2) is 0 Å². The molecule has 13 heteroatoms. The van der Waals surface area contributed by atoms with Crippen LogP contribution in [0.4, 0.5) is 4.79 Å². The molecule has 1 N–H and O–H groups in total. The Hall–Kier alpha value is -2.32. The molecule has 0 aliphatic rings. The monoisotopic (exact) mass is 523 g/mol. The molecule has 0 rings (SSSR count). The summed E-state index contributed by atoms with van der Waals surface area (Å²) in [4.78, 5) is 45.8. The summed E-state index contributed by atoms with van der Waals surface area (Å²) >= 11 is 0. The first kappa shape index (κ1) is 33.7. The topological polar surface area (TPSA) is 156 Å². The Kier molecular flexibility index (Phi) is 19.5. The van der Waals surface area contributed by atoms with Crippen molar-refractivity contribution in [2.75, 3.05) is 86.3 Å². The lowest BCUT2D eigenvalue weighted by Gasteiger charge is -2.24. The standard InChI is InChI=1S/C23H41NO12/c1-23(2,3)36-22(29)24(4)7-8-30-9-10-31-11-12-32-13-14-33-15-16-34-17-18-35-20(26)6-5-19(25)21(27)28/h5-18H2,1-4H3,(H,27,28). The number of carboxylic acids is 1. The molecule has 0 atom stereocenters.